The third-order valence-corrected chi connectivity index (χ3v) is 7.38. The van der Waals surface area contributed by atoms with Crippen LogP contribution >= 0.6 is 11.6 Å². The van der Waals surface area contributed by atoms with E-state index in [1.807, 2.05) is 19.9 Å². The molecule has 3 aromatic carbocycles. The lowest BCUT2D eigenvalue weighted by Crippen LogP contribution is -2.49. The van der Waals surface area contributed by atoms with Crippen molar-refractivity contribution < 1.29 is 33.3 Å². The normalized spacial score (nSPS) is 18.2. The molecule has 0 radical (unpaired) electrons. The van der Waals surface area contributed by atoms with Crippen LogP contribution in [0.5, 0.6) is 23.0 Å². The van der Waals surface area contributed by atoms with Crippen molar-refractivity contribution in [3.63, 3.8) is 0 Å². The maximum absolute atomic E-state index is 13.1. The van der Waals surface area contributed by atoms with Crippen molar-refractivity contribution in [1.82, 2.24) is 0 Å². The fourth-order valence-electron chi connectivity index (χ4n) is 4.86. The minimum Gasteiger partial charge on any atom is -0.505 e. The molecule has 2 heterocycles. The van der Waals surface area contributed by atoms with Crippen molar-refractivity contribution in [2.75, 3.05) is 12.4 Å². The zero-order valence-corrected chi connectivity index (χ0v) is 23.8. The van der Waals surface area contributed by atoms with Gasteiger partial charge in [0.1, 0.15) is 22.8 Å². The zero-order valence-electron chi connectivity index (χ0n) is 23.0. The van der Waals surface area contributed by atoms with Crippen LogP contribution in [0, 0.1) is 6.92 Å². The van der Waals surface area contributed by atoms with Crippen LogP contribution in [0.3, 0.4) is 0 Å². The number of anilines is 1. The number of rotatable bonds is 7. The average molecular weight is 580 g/mol. The molecule has 1 aliphatic heterocycles. The Morgan fingerprint density at radius 2 is 1.83 bits per heavy atom. The predicted molar refractivity (Wildman–Crippen MR) is 154 cm³/mol. The lowest BCUT2D eigenvalue weighted by molar-refractivity contribution is -0.233. The van der Waals surface area contributed by atoms with Crippen LogP contribution in [0.1, 0.15) is 42.6 Å². The number of halogens is 1. The van der Waals surface area contributed by atoms with Crippen LogP contribution in [-0.4, -0.2) is 36.1 Å². The molecule has 0 aliphatic carbocycles. The molecule has 1 fully saturated rings. The molecular weight excluding hydrogens is 550 g/mol. The fraction of sp³-hybridized carbons (Fsp3) is 0.290. The van der Waals surface area contributed by atoms with Crippen molar-refractivity contribution >= 4 is 34.2 Å². The summed E-state index contributed by atoms with van der Waals surface area (Å²) in [6, 6.07) is 16.6. The number of hydrogen-bond acceptors (Lipinski definition) is 8. The number of aryl methyl sites for hydroxylation is 1. The summed E-state index contributed by atoms with van der Waals surface area (Å²) < 4.78 is 29.1. The van der Waals surface area contributed by atoms with Gasteiger partial charge >= 0.3 is 5.63 Å². The number of para-hydroxylation sites is 1. The molecule has 2 unspecified atom stereocenters. The first-order valence-electron chi connectivity index (χ1n) is 13.1. The van der Waals surface area contributed by atoms with Gasteiger partial charge in [0.05, 0.1) is 22.1 Å². The quantitative estimate of drug-likeness (QED) is 0.229. The molecule has 4 aromatic rings. The molecule has 1 aromatic heterocycles. The summed E-state index contributed by atoms with van der Waals surface area (Å²) in [6.07, 6.45) is 0.788. The van der Waals surface area contributed by atoms with Gasteiger partial charge in [-0.1, -0.05) is 29.8 Å². The second kappa shape index (κ2) is 11.4. The topological polar surface area (TPSA) is 116 Å². The van der Waals surface area contributed by atoms with Gasteiger partial charge in [-0.05, 0) is 69.7 Å². The van der Waals surface area contributed by atoms with Gasteiger partial charge in [0.15, 0.2) is 11.4 Å². The lowest BCUT2D eigenvalue weighted by atomic mass is 9.94. The van der Waals surface area contributed by atoms with E-state index < -0.39 is 29.2 Å². The molecule has 9 nitrogen and oxygen atoms in total. The van der Waals surface area contributed by atoms with Gasteiger partial charge in [-0.2, -0.15) is 0 Å². The largest absolute Gasteiger partial charge is 0.505 e. The number of nitrogens with one attached hydrogen (secondary N) is 1. The van der Waals surface area contributed by atoms with Gasteiger partial charge in [0, 0.05) is 24.7 Å². The second-order valence-corrected chi connectivity index (χ2v) is 10.7. The first-order chi connectivity index (χ1) is 19.6. The highest BCUT2D eigenvalue weighted by molar-refractivity contribution is 6.32. The van der Waals surface area contributed by atoms with Crippen molar-refractivity contribution in [2.45, 2.75) is 51.6 Å². The highest BCUT2D eigenvalue weighted by atomic mass is 35.5. The Balaban J connectivity index is 1.38. The summed E-state index contributed by atoms with van der Waals surface area (Å²) in [5.41, 5.74) is -1.05. The van der Waals surface area contributed by atoms with E-state index in [1.165, 1.54) is 18.2 Å². The number of amides is 1. The summed E-state index contributed by atoms with van der Waals surface area (Å²) in [6.45, 7) is 5.60. The molecule has 214 valence electrons. The minimum atomic E-state index is -0.920. The molecule has 0 bridgehead atoms. The molecule has 5 rings (SSSR count). The van der Waals surface area contributed by atoms with Crippen LogP contribution in [0.4, 0.5) is 5.69 Å². The van der Waals surface area contributed by atoms with E-state index in [-0.39, 0.29) is 34.1 Å². The number of carbonyl (C=O) groups is 1. The molecule has 0 saturated carbocycles. The lowest BCUT2D eigenvalue weighted by Gasteiger charge is -2.41. The standard InChI is InChI=1S/C31H30ClNO8/c1-17-22(39-25-15-14-24(37-4)31(2,3)41-25)13-11-20-27(34)26(30(36)40-28(17)20)33-29(35)18-10-12-21(32)23(16-18)38-19-8-6-5-7-9-19/h5-13,16,24-25,34H,14-15H2,1-4H3,(H,33,35). The summed E-state index contributed by atoms with van der Waals surface area (Å²) in [7, 11) is 1.66. The van der Waals surface area contributed by atoms with Crippen LogP contribution < -0.4 is 20.4 Å². The Hall–Kier alpha value is -4.05. The summed E-state index contributed by atoms with van der Waals surface area (Å²) >= 11 is 6.26. The van der Waals surface area contributed by atoms with Gasteiger partial charge in [0.25, 0.3) is 5.91 Å². The van der Waals surface area contributed by atoms with E-state index in [0.29, 0.717) is 28.5 Å². The molecule has 0 spiro atoms. The van der Waals surface area contributed by atoms with E-state index in [0.717, 1.165) is 6.42 Å². The van der Waals surface area contributed by atoms with Crippen LogP contribution in [0.15, 0.2) is 69.9 Å². The Kier molecular flexibility index (Phi) is 7.95. The Morgan fingerprint density at radius 1 is 1.07 bits per heavy atom. The van der Waals surface area contributed by atoms with E-state index in [9.17, 15) is 14.7 Å². The number of hydrogen-bond donors (Lipinski definition) is 2. The Morgan fingerprint density at radius 3 is 2.54 bits per heavy atom. The minimum absolute atomic E-state index is 0.0560. The molecule has 2 N–H and O–H groups in total. The molecule has 1 saturated heterocycles. The van der Waals surface area contributed by atoms with E-state index in [1.54, 1.807) is 50.4 Å². The zero-order chi connectivity index (χ0) is 29.3. The number of aromatic hydroxyl groups is 1. The molecule has 2 atom stereocenters. The highest BCUT2D eigenvalue weighted by Crippen LogP contribution is 2.38. The van der Waals surface area contributed by atoms with Crippen LogP contribution in [0.2, 0.25) is 5.02 Å². The number of methoxy groups -OCH3 is 1. The monoisotopic (exact) mass is 579 g/mol. The number of fused-ring (bicyclic) bond motifs is 1. The first kappa shape index (κ1) is 28.5. The summed E-state index contributed by atoms with van der Waals surface area (Å²) in [4.78, 5) is 26.0. The molecule has 1 aliphatic rings. The van der Waals surface area contributed by atoms with Gasteiger partial charge in [0.2, 0.25) is 6.29 Å². The number of carbonyl (C=O) groups excluding carboxylic acids is 1. The average Bonchev–Trinajstić information content (AvgIpc) is 2.94. The van der Waals surface area contributed by atoms with Gasteiger partial charge < -0.3 is 33.8 Å². The van der Waals surface area contributed by atoms with Crippen molar-refractivity contribution in [3.05, 3.63) is 87.2 Å². The molecule has 10 heteroatoms. The Labute approximate surface area is 241 Å². The van der Waals surface area contributed by atoms with Crippen LogP contribution in [-0.2, 0) is 9.47 Å². The molecule has 1 amide bonds. The molecule has 41 heavy (non-hydrogen) atoms. The maximum Gasteiger partial charge on any atom is 0.364 e. The Bertz CT molecular complexity index is 1650. The predicted octanol–water partition coefficient (Wildman–Crippen LogP) is 6.81. The van der Waals surface area contributed by atoms with Gasteiger partial charge in [-0.3, -0.25) is 4.79 Å². The second-order valence-electron chi connectivity index (χ2n) is 10.3. The van der Waals surface area contributed by atoms with E-state index in [2.05, 4.69) is 5.32 Å². The SMILES string of the molecule is COC1CCC(Oc2ccc3c(O)c(NC(=O)c4ccc(Cl)c(Oc5ccccc5)c4)c(=O)oc3c2C)OC1(C)C. The first-order valence-corrected chi connectivity index (χ1v) is 13.5. The van der Waals surface area contributed by atoms with E-state index >= 15 is 0 Å². The summed E-state index contributed by atoms with van der Waals surface area (Å²) in [5.74, 6) is 0.153. The van der Waals surface area contributed by atoms with Gasteiger partial charge in [-0.15, -0.1) is 0 Å². The number of ether oxygens (including phenoxy) is 4. The number of benzene rings is 3. The molecular formula is C31H30ClNO8. The smallest absolute Gasteiger partial charge is 0.364 e. The third kappa shape index (κ3) is 5.88. The van der Waals surface area contributed by atoms with E-state index in [4.69, 9.17) is 35.0 Å². The summed E-state index contributed by atoms with van der Waals surface area (Å²) in [5, 5.41) is 14.0. The maximum atomic E-state index is 13.1. The fourth-order valence-corrected chi connectivity index (χ4v) is 5.02. The van der Waals surface area contributed by atoms with Crippen molar-refractivity contribution in [3.8, 4) is 23.0 Å². The van der Waals surface area contributed by atoms with Crippen LogP contribution in [0.25, 0.3) is 11.0 Å². The highest BCUT2D eigenvalue weighted by Gasteiger charge is 2.39. The van der Waals surface area contributed by atoms with Crippen molar-refractivity contribution in [2.24, 2.45) is 0 Å². The van der Waals surface area contributed by atoms with Gasteiger partial charge in [-0.25, -0.2) is 4.79 Å². The third-order valence-electron chi connectivity index (χ3n) is 7.07. The van der Waals surface area contributed by atoms with Crippen molar-refractivity contribution in [1.29, 1.82) is 0 Å².